The summed E-state index contributed by atoms with van der Waals surface area (Å²) in [6, 6.07) is 11.1. The zero-order chi connectivity index (χ0) is 18.7. The third-order valence-corrected chi connectivity index (χ3v) is 4.85. The van der Waals surface area contributed by atoms with E-state index in [1.54, 1.807) is 35.2 Å². The molecule has 0 saturated carbocycles. The van der Waals surface area contributed by atoms with Crippen LogP contribution in [0.4, 0.5) is 10.1 Å². The number of hydrogen-bond donors (Lipinski definition) is 1. The maximum Gasteiger partial charge on any atom is 0.251 e. The van der Waals surface area contributed by atoms with Gasteiger partial charge in [-0.3, -0.25) is 9.59 Å². The number of hydrogen-bond acceptors (Lipinski definition) is 2. The molecular formula is C20H20ClFN2O2. The van der Waals surface area contributed by atoms with Gasteiger partial charge < -0.3 is 10.2 Å². The van der Waals surface area contributed by atoms with E-state index in [0.717, 1.165) is 24.1 Å². The minimum absolute atomic E-state index is 0.0270. The van der Waals surface area contributed by atoms with E-state index in [9.17, 15) is 14.0 Å². The van der Waals surface area contributed by atoms with E-state index < -0.39 is 5.82 Å². The van der Waals surface area contributed by atoms with E-state index >= 15 is 0 Å². The number of anilines is 1. The van der Waals surface area contributed by atoms with Crippen molar-refractivity contribution in [1.29, 1.82) is 0 Å². The Morgan fingerprint density at radius 1 is 1.19 bits per heavy atom. The van der Waals surface area contributed by atoms with E-state index in [2.05, 4.69) is 5.32 Å². The minimum atomic E-state index is -0.489. The molecule has 26 heavy (non-hydrogen) atoms. The van der Waals surface area contributed by atoms with E-state index in [1.807, 2.05) is 6.92 Å². The van der Waals surface area contributed by atoms with Gasteiger partial charge in [-0.2, -0.15) is 0 Å². The van der Waals surface area contributed by atoms with Crippen LogP contribution in [0.15, 0.2) is 42.5 Å². The molecule has 3 rings (SSSR count). The van der Waals surface area contributed by atoms with Crippen LogP contribution in [-0.4, -0.2) is 18.4 Å². The van der Waals surface area contributed by atoms with Crippen LogP contribution >= 0.6 is 11.6 Å². The Morgan fingerprint density at radius 2 is 1.92 bits per heavy atom. The molecule has 1 aliphatic rings. The average Bonchev–Trinajstić information content (AvgIpc) is 2.64. The first-order chi connectivity index (χ1) is 12.5. The Hall–Kier alpha value is -2.40. The monoisotopic (exact) mass is 374 g/mol. The van der Waals surface area contributed by atoms with Crippen LogP contribution in [0.5, 0.6) is 0 Å². The SMILES string of the molecule is CC(NC(=O)c1ccc(N2CCCCC2=O)cc1)c1ccc(F)c(Cl)c1. The highest BCUT2D eigenvalue weighted by molar-refractivity contribution is 6.30. The molecule has 2 aromatic rings. The molecule has 4 nitrogen and oxygen atoms in total. The Morgan fingerprint density at radius 3 is 2.58 bits per heavy atom. The standard InChI is InChI=1S/C20H20ClFN2O2/c1-13(15-7-10-18(22)17(21)12-15)23-20(26)14-5-8-16(9-6-14)24-11-3-2-4-19(24)25/h5-10,12-13H,2-4,11H2,1H3,(H,23,26). The first-order valence-corrected chi connectivity index (χ1v) is 9.00. The van der Waals surface area contributed by atoms with Gasteiger partial charge in [0.15, 0.2) is 0 Å². The van der Waals surface area contributed by atoms with Gasteiger partial charge in [-0.05, 0) is 61.7 Å². The second kappa shape index (κ2) is 7.87. The van der Waals surface area contributed by atoms with Gasteiger partial charge >= 0.3 is 0 Å². The van der Waals surface area contributed by atoms with Crippen LogP contribution in [0.3, 0.4) is 0 Å². The second-order valence-corrected chi connectivity index (χ2v) is 6.83. The Kier molecular flexibility index (Phi) is 5.57. The lowest BCUT2D eigenvalue weighted by molar-refractivity contribution is -0.119. The first-order valence-electron chi connectivity index (χ1n) is 8.62. The van der Waals surface area contributed by atoms with Crippen LogP contribution in [0, 0.1) is 5.82 Å². The molecule has 1 saturated heterocycles. The molecule has 1 aliphatic heterocycles. The maximum absolute atomic E-state index is 13.3. The number of carbonyl (C=O) groups excluding carboxylic acids is 2. The molecular weight excluding hydrogens is 355 g/mol. The fourth-order valence-electron chi connectivity index (χ4n) is 3.02. The summed E-state index contributed by atoms with van der Waals surface area (Å²) < 4.78 is 13.3. The first kappa shape index (κ1) is 18.4. The molecule has 1 unspecified atom stereocenters. The van der Waals surface area contributed by atoms with Crippen LogP contribution in [-0.2, 0) is 4.79 Å². The molecule has 0 aromatic heterocycles. The molecule has 0 radical (unpaired) electrons. The van der Waals surface area contributed by atoms with Gasteiger partial charge in [0.05, 0.1) is 11.1 Å². The molecule has 1 fully saturated rings. The lowest BCUT2D eigenvalue weighted by atomic mass is 10.1. The van der Waals surface area contributed by atoms with Gasteiger partial charge in [0.2, 0.25) is 5.91 Å². The van der Waals surface area contributed by atoms with E-state index in [-0.39, 0.29) is 22.9 Å². The highest BCUT2D eigenvalue weighted by atomic mass is 35.5. The van der Waals surface area contributed by atoms with E-state index in [0.29, 0.717) is 18.5 Å². The summed E-state index contributed by atoms with van der Waals surface area (Å²) in [7, 11) is 0. The summed E-state index contributed by atoms with van der Waals surface area (Å²) >= 11 is 5.79. The molecule has 136 valence electrons. The molecule has 0 aliphatic carbocycles. The van der Waals surface area contributed by atoms with Crippen molar-refractivity contribution in [1.82, 2.24) is 5.32 Å². The summed E-state index contributed by atoms with van der Waals surface area (Å²) in [5, 5.41) is 2.89. The Balaban J connectivity index is 1.67. The van der Waals surface area contributed by atoms with Gasteiger partial charge in [0.1, 0.15) is 5.82 Å². The predicted molar refractivity (Wildman–Crippen MR) is 99.9 cm³/mol. The van der Waals surface area contributed by atoms with E-state index in [4.69, 9.17) is 11.6 Å². The summed E-state index contributed by atoms with van der Waals surface area (Å²) in [5.74, 6) is -0.610. The molecule has 2 amide bonds. The molecule has 2 aromatic carbocycles. The lowest BCUT2D eigenvalue weighted by Crippen LogP contribution is -2.35. The zero-order valence-corrected chi connectivity index (χ0v) is 15.2. The summed E-state index contributed by atoms with van der Waals surface area (Å²) in [5.41, 5.74) is 2.03. The zero-order valence-electron chi connectivity index (χ0n) is 14.5. The number of nitrogens with zero attached hydrogens (tertiary/aromatic N) is 1. The highest BCUT2D eigenvalue weighted by Crippen LogP contribution is 2.23. The second-order valence-electron chi connectivity index (χ2n) is 6.42. The van der Waals surface area contributed by atoms with Crippen molar-refractivity contribution in [3.63, 3.8) is 0 Å². The summed E-state index contributed by atoms with van der Waals surface area (Å²) in [4.78, 5) is 26.2. The van der Waals surface area contributed by atoms with Crippen molar-refractivity contribution in [3.05, 3.63) is 64.4 Å². The number of halogens is 2. The number of piperidine rings is 1. The van der Waals surface area contributed by atoms with Crippen molar-refractivity contribution < 1.29 is 14.0 Å². The van der Waals surface area contributed by atoms with Crippen molar-refractivity contribution >= 4 is 29.1 Å². The molecule has 1 N–H and O–H groups in total. The normalized spacial score (nSPS) is 15.7. The van der Waals surface area contributed by atoms with E-state index in [1.165, 1.54) is 12.1 Å². The molecule has 0 spiro atoms. The fraction of sp³-hybridized carbons (Fsp3) is 0.300. The maximum atomic E-state index is 13.3. The highest BCUT2D eigenvalue weighted by Gasteiger charge is 2.20. The van der Waals surface area contributed by atoms with Crippen LogP contribution < -0.4 is 10.2 Å². The summed E-state index contributed by atoms with van der Waals surface area (Å²) in [6.07, 6.45) is 2.49. The molecule has 0 bridgehead atoms. The van der Waals surface area contributed by atoms with Gasteiger partial charge in [0.25, 0.3) is 5.91 Å². The van der Waals surface area contributed by atoms with Gasteiger partial charge in [-0.1, -0.05) is 17.7 Å². The van der Waals surface area contributed by atoms with Crippen molar-refractivity contribution in [3.8, 4) is 0 Å². The van der Waals surface area contributed by atoms with Crippen LogP contribution in [0.2, 0.25) is 5.02 Å². The van der Waals surface area contributed by atoms with Crippen molar-refractivity contribution in [2.45, 2.75) is 32.2 Å². The predicted octanol–water partition coefficient (Wildman–Crippen LogP) is 4.49. The Bertz CT molecular complexity index is 823. The Labute approximate surface area is 157 Å². The largest absolute Gasteiger partial charge is 0.346 e. The van der Waals surface area contributed by atoms with Gasteiger partial charge in [-0.25, -0.2) is 4.39 Å². The number of nitrogens with one attached hydrogen (secondary N) is 1. The average molecular weight is 375 g/mol. The summed E-state index contributed by atoms with van der Waals surface area (Å²) in [6.45, 7) is 2.52. The van der Waals surface area contributed by atoms with Crippen molar-refractivity contribution in [2.24, 2.45) is 0 Å². The fourth-order valence-corrected chi connectivity index (χ4v) is 3.21. The van der Waals surface area contributed by atoms with Crippen LogP contribution in [0.25, 0.3) is 0 Å². The third-order valence-electron chi connectivity index (χ3n) is 4.56. The lowest BCUT2D eigenvalue weighted by Gasteiger charge is -2.26. The molecule has 6 heteroatoms. The number of rotatable bonds is 4. The van der Waals surface area contributed by atoms with Gasteiger partial charge in [0, 0.05) is 24.2 Å². The quantitative estimate of drug-likeness (QED) is 0.857. The number of carbonyl (C=O) groups is 2. The van der Waals surface area contributed by atoms with Crippen LogP contribution in [0.1, 0.15) is 48.1 Å². The minimum Gasteiger partial charge on any atom is -0.346 e. The van der Waals surface area contributed by atoms with Gasteiger partial charge in [-0.15, -0.1) is 0 Å². The molecule has 1 heterocycles. The topological polar surface area (TPSA) is 49.4 Å². The number of benzene rings is 2. The smallest absolute Gasteiger partial charge is 0.251 e. The van der Waals surface area contributed by atoms with Crippen molar-refractivity contribution in [2.75, 3.05) is 11.4 Å². The number of amides is 2. The third kappa shape index (κ3) is 4.05. The molecule has 1 atom stereocenters.